The zero-order valence-electron chi connectivity index (χ0n) is 10.3. The summed E-state index contributed by atoms with van der Waals surface area (Å²) in [5, 5.41) is 9.46. The molecule has 0 amide bonds. The van der Waals surface area contributed by atoms with Crippen molar-refractivity contribution in [2.24, 2.45) is 0 Å². The summed E-state index contributed by atoms with van der Waals surface area (Å²) in [5.74, 6) is -0.823. The third-order valence-corrected chi connectivity index (χ3v) is 3.57. The molecule has 0 bridgehead atoms. The van der Waals surface area contributed by atoms with E-state index in [1.165, 1.54) is 0 Å². The van der Waals surface area contributed by atoms with E-state index in [9.17, 15) is 9.90 Å². The quantitative estimate of drug-likeness (QED) is 0.909. The fourth-order valence-corrected chi connectivity index (χ4v) is 2.21. The van der Waals surface area contributed by atoms with Crippen molar-refractivity contribution >= 4 is 21.9 Å². The van der Waals surface area contributed by atoms with E-state index in [4.69, 9.17) is 4.74 Å². The van der Waals surface area contributed by atoms with Gasteiger partial charge in [0, 0.05) is 18.2 Å². The maximum absolute atomic E-state index is 11.5. The van der Waals surface area contributed by atoms with Crippen LogP contribution in [0, 0.1) is 6.92 Å². The summed E-state index contributed by atoms with van der Waals surface area (Å²) >= 11 is 3.38. The van der Waals surface area contributed by atoms with Gasteiger partial charge in [-0.05, 0) is 43.5 Å². The number of rotatable bonds is 5. The summed E-state index contributed by atoms with van der Waals surface area (Å²) in [6, 6.07) is 5.71. The van der Waals surface area contributed by atoms with Crippen LogP contribution >= 0.6 is 15.9 Å². The molecule has 1 atom stereocenters. The molecule has 17 heavy (non-hydrogen) atoms. The Morgan fingerprint density at radius 3 is 2.71 bits per heavy atom. The first-order valence-corrected chi connectivity index (χ1v) is 6.20. The molecule has 0 aliphatic heterocycles. The number of carbonyl (C=O) groups is 1. The van der Waals surface area contributed by atoms with E-state index < -0.39 is 11.4 Å². The number of carboxylic acid groups (broad SMARTS) is 1. The van der Waals surface area contributed by atoms with Crippen molar-refractivity contribution in [3.05, 3.63) is 33.8 Å². The van der Waals surface area contributed by atoms with E-state index >= 15 is 0 Å². The maximum atomic E-state index is 11.5. The molecule has 1 aromatic carbocycles. The van der Waals surface area contributed by atoms with Crippen LogP contribution in [0.5, 0.6) is 0 Å². The highest BCUT2D eigenvalue weighted by Gasteiger charge is 2.36. The number of hydrogen-bond acceptors (Lipinski definition) is 2. The van der Waals surface area contributed by atoms with Gasteiger partial charge >= 0.3 is 5.97 Å². The molecule has 0 aromatic heterocycles. The average Bonchev–Trinajstić information content (AvgIpc) is 2.29. The van der Waals surface area contributed by atoms with Gasteiger partial charge in [0.1, 0.15) is 0 Å². The van der Waals surface area contributed by atoms with Crippen molar-refractivity contribution in [2.45, 2.75) is 25.7 Å². The van der Waals surface area contributed by atoms with Crippen LogP contribution in [0.3, 0.4) is 0 Å². The van der Waals surface area contributed by atoms with E-state index in [1.807, 2.05) is 25.1 Å². The Hall–Kier alpha value is -0.870. The van der Waals surface area contributed by atoms with E-state index in [0.717, 1.165) is 15.6 Å². The smallest absolute Gasteiger partial charge is 0.313 e. The Bertz CT molecular complexity index is 417. The van der Waals surface area contributed by atoms with E-state index in [1.54, 1.807) is 14.0 Å². The fraction of sp³-hybridized carbons (Fsp3) is 0.462. The van der Waals surface area contributed by atoms with Crippen molar-refractivity contribution in [2.75, 3.05) is 13.7 Å². The number of halogens is 1. The molecule has 0 fully saturated rings. The molecular formula is C13H17BrO3. The number of carboxylic acids is 1. The van der Waals surface area contributed by atoms with E-state index in [0.29, 0.717) is 13.0 Å². The molecule has 1 unspecified atom stereocenters. The molecule has 0 aliphatic rings. The number of aliphatic carboxylic acids is 1. The summed E-state index contributed by atoms with van der Waals surface area (Å²) in [6.45, 7) is 4.09. The Kier molecular flexibility index (Phi) is 4.71. The van der Waals surface area contributed by atoms with Crippen LogP contribution in [-0.4, -0.2) is 24.8 Å². The molecule has 4 heteroatoms. The fourth-order valence-electron chi connectivity index (χ4n) is 1.85. The van der Waals surface area contributed by atoms with Crippen LogP contribution in [0.2, 0.25) is 0 Å². The van der Waals surface area contributed by atoms with Crippen LogP contribution in [0.1, 0.15) is 24.5 Å². The molecule has 1 rings (SSSR count). The Labute approximate surface area is 110 Å². The lowest BCUT2D eigenvalue weighted by Crippen LogP contribution is -2.34. The lowest BCUT2D eigenvalue weighted by molar-refractivity contribution is -0.144. The minimum atomic E-state index is -0.913. The third-order valence-electron chi connectivity index (χ3n) is 3.07. The number of ether oxygens (including phenoxy) is 1. The van der Waals surface area contributed by atoms with Gasteiger partial charge in [0.05, 0.1) is 5.41 Å². The van der Waals surface area contributed by atoms with Crippen LogP contribution in [0.4, 0.5) is 0 Å². The van der Waals surface area contributed by atoms with Crippen LogP contribution in [0.25, 0.3) is 0 Å². The zero-order chi connectivity index (χ0) is 13.1. The predicted octanol–water partition coefficient (Wildman–Crippen LogP) is 3.14. The van der Waals surface area contributed by atoms with Gasteiger partial charge in [-0.15, -0.1) is 0 Å². The first-order chi connectivity index (χ1) is 7.91. The van der Waals surface area contributed by atoms with E-state index in [2.05, 4.69) is 15.9 Å². The lowest BCUT2D eigenvalue weighted by atomic mass is 9.78. The number of methoxy groups -OCH3 is 1. The molecule has 1 N–H and O–H groups in total. The SMILES string of the molecule is COCCC(C)(C(=O)O)c1cc(Br)ccc1C. The minimum absolute atomic E-state index is 0.425. The third kappa shape index (κ3) is 3.07. The topological polar surface area (TPSA) is 46.5 Å². The molecular weight excluding hydrogens is 284 g/mol. The number of benzene rings is 1. The van der Waals surface area contributed by atoms with Crippen molar-refractivity contribution in [3.63, 3.8) is 0 Å². The van der Waals surface area contributed by atoms with Gasteiger partial charge in [-0.2, -0.15) is 0 Å². The predicted molar refractivity (Wildman–Crippen MR) is 70.4 cm³/mol. The Balaban J connectivity index is 3.21. The van der Waals surface area contributed by atoms with Crippen LogP contribution < -0.4 is 0 Å². The van der Waals surface area contributed by atoms with Crippen molar-refractivity contribution in [1.82, 2.24) is 0 Å². The second-order valence-electron chi connectivity index (χ2n) is 4.34. The van der Waals surface area contributed by atoms with E-state index in [-0.39, 0.29) is 0 Å². The van der Waals surface area contributed by atoms with Gasteiger partial charge in [-0.3, -0.25) is 4.79 Å². The highest BCUT2D eigenvalue weighted by Crippen LogP contribution is 2.32. The second kappa shape index (κ2) is 5.65. The summed E-state index contributed by atoms with van der Waals surface area (Å²) in [6.07, 6.45) is 0.454. The largest absolute Gasteiger partial charge is 0.481 e. The molecule has 94 valence electrons. The number of hydrogen-bond donors (Lipinski definition) is 1. The van der Waals surface area contributed by atoms with Gasteiger partial charge in [0.15, 0.2) is 0 Å². The molecule has 0 saturated heterocycles. The standard InChI is InChI=1S/C13H17BrO3/c1-9-4-5-10(14)8-11(9)13(2,12(15)16)6-7-17-3/h4-5,8H,6-7H2,1-3H3,(H,15,16). The average molecular weight is 301 g/mol. The van der Waals surface area contributed by atoms with Crippen LogP contribution in [0.15, 0.2) is 22.7 Å². The van der Waals surface area contributed by atoms with Crippen LogP contribution in [-0.2, 0) is 14.9 Å². The van der Waals surface area contributed by atoms with Crippen molar-refractivity contribution in [3.8, 4) is 0 Å². The molecule has 0 spiro atoms. The lowest BCUT2D eigenvalue weighted by Gasteiger charge is -2.27. The van der Waals surface area contributed by atoms with Gasteiger partial charge in [0.2, 0.25) is 0 Å². The molecule has 1 aromatic rings. The molecule has 0 saturated carbocycles. The molecule has 0 radical (unpaired) electrons. The summed E-state index contributed by atoms with van der Waals surface area (Å²) in [5.41, 5.74) is 0.898. The second-order valence-corrected chi connectivity index (χ2v) is 5.25. The minimum Gasteiger partial charge on any atom is -0.481 e. The Morgan fingerprint density at radius 1 is 1.53 bits per heavy atom. The first-order valence-electron chi connectivity index (χ1n) is 5.41. The number of aryl methyl sites for hydroxylation is 1. The van der Waals surface area contributed by atoms with Gasteiger partial charge in [-0.25, -0.2) is 0 Å². The monoisotopic (exact) mass is 300 g/mol. The molecule has 3 nitrogen and oxygen atoms in total. The summed E-state index contributed by atoms with van der Waals surface area (Å²) in [7, 11) is 1.58. The first kappa shape index (κ1) is 14.2. The van der Waals surface area contributed by atoms with Gasteiger partial charge in [0.25, 0.3) is 0 Å². The normalized spacial score (nSPS) is 14.4. The summed E-state index contributed by atoms with van der Waals surface area (Å²) < 4.78 is 5.90. The summed E-state index contributed by atoms with van der Waals surface area (Å²) in [4.78, 5) is 11.5. The Morgan fingerprint density at radius 2 is 2.18 bits per heavy atom. The maximum Gasteiger partial charge on any atom is 0.313 e. The van der Waals surface area contributed by atoms with Crippen molar-refractivity contribution in [1.29, 1.82) is 0 Å². The zero-order valence-corrected chi connectivity index (χ0v) is 11.9. The molecule has 0 aliphatic carbocycles. The highest BCUT2D eigenvalue weighted by molar-refractivity contribution is 9.10. The van der Waals surface area contributed by atoms with Gasteiger partial charge in [-0.1, -0.05) is 22.0 Å². The van der Waals surface area contributed by atoms with Gasteiger partial charge < -0.3 is 9.84 Å². The molecule has 0 heterocycles. The van der Waals surface area contributed by atoms with Crippen molar-refractivity contribution < 1.29 is 14.6 Å². The highest BCUT2D eigenvalue weighted by atomic mass is 79.9.